The average molecular weight is 296 g/mol. The first kappa shape index (κ1) is 15.3. The lowest BCUT2D eigenvalue weighted by Crippen LogP contribution is -2.28. The van der Waals surface area contributed by atoms with E-state index < -0.39 is 17.3 Å². The zero-order valence-electron chi connectivity index (χ0n) is 11.4. The molecule has 0 heterocycles. The van der Waals surface area contributed by atoms with Crippen molar-refractivity contribution in [3.05, 3.63) is 34.6 Å². The van der Waals surface area contributed by atoms with Crippen LogP contribution < -0.4 is 0 Å². The quantitative estimate of drug-likeness (QED) is 0.854. The van der Waals surface area contributed by atoms with E-state index in [4.69, 9.17) is 11.6 Å². The fourth-order valence-electron chi connectivity index (χ4n) is 3.03. The Morgan fingerprint density at radius 1 is 1.15 bits per heavy atom. The highest BCUT2D eigenvalue weighted by molar-refractivity contribution is 6.30. The van der Waals surface area contributed by atoms with Gasteiger partial charge in [-0.15, -0.1) is 0 Å². The van der Waals surface area contributed by atoms with Crippen LogP contribution in [0.4, 0.5) is 4.39 Å². The molecule has 0 amide bonds. The first-order chi connectivity index (χ1) is 9.57. The number of halogens is 2. The third kappa shape index (κ3) is 3.31. The summed E-state index contributed by atoms with van der Waals surface area (Å²) in [6.45, 7) is 0. The van der Waals surface area contributed by atoms with Crippen LogP contribution >= 0.6 is 11.6 Å². The van der Waals surface area contributed by atoms with Gasteiger partial charge in [-0.1, -0.05) is 43.7 Å². The summed E-state index contributed by atoms with van der Waals surface area (Å²) in [5, 5.41) is 20.5. The Bertz CT molecular complexity index is 483. The number of nitrogens with zero attached hydrogens (tertiary/aromatic N) is 1. The summed E-state index contributed by atoms with van der Waals surface area (Å²) >= 11 is 5.85. The molecule has 0 spiro atoms. The maximum Gasteiger partial charge on any atom is 0.125 e. The monoisotopic (exact) mass is 295 g/mol. The summed E-state index contributed by atoms with van der Waals surface area (Å²) in [5.41, 5.74) is -0.422. The summed E-state index contributed by atoms with van der Waals surface area (Å²) in [4.78, 5) is 0. The van der Waals surface area contributed by atoms with Crippen molar-refractivity contribution in [2.45, 2.75) is 51.0 Å². The Morgan fingerprint density at radius 3 is 2.30 bits per heavy atom. The minimum Gasteiger partial charge on any atom is -0.387 e. The van der Waals surface area contributed by atoms with Gasteiger partial charge in [-0.25, -0.2) is 4.39 Å². The molecule has 1 aliphatic carbocycles. The van der Waals surface area contributed by atoms with Crippen molar-refractivity contribution in [3.63, 3.8) is 0 Å². The Hall–Kier alpha value is -1.11. The lowest BCUT2D eigenvalue weighted by Gasteiger charge is -2.33. The maximum absolute atomic E-state index is 13.5. The fourth-order valence-corrected chi connectivity index (χ4v) is 3.26. The van der Waals surface area contributed by atoms with Gasteiger partial charge in [0.05, 0.1) is 17.6 Å². The van der Waals surface area contributed by atoms with Crippen molar-refractivity contribution in [2.75, 3.05) is 0 Å². The van der Waals surface area contributed by atoms with Crippen LogP contribution in [0.3, 0.4) is 0 Å². The molecule has 1 aromatic rings. The van der Waals surface area contributed by atoms with E-state index in [2.05, 4.69) is 6.07 Å². The summed E-state index contributed by atoms with van der Waals surface area (Å²) < 4.78 is 13.5. The lowest BCUT2D eigenvalue weighted by molar-refractivity contribution is 0.0432. The SMILES string of the molecule is N#CC1(C(O)c2cc(F)cc(Cl)c2)CCCCCCC1. The molecule has 108 valence electrons. The summed E-state index contributed by atoms with van der Waals surface area (Å²) in [7, 11) is 0. The second-order valence-corrected chi connectivity index (χ2v) is 6.08. The standard InChI is InChI=1S/C16H19ClFNO/c17-13-8-12(9-14(18)10-13)15(20)16(11-19)6-4-2-1-3-5-7-16/h8-10,15,20H,1-7H2. The van der Waals surface area contributed by atoms with Crippen LogP contribution in [0.25, 0.3) is 0 Å². The van der Waals surface area contributed by atoms with Gasteiger partial charge in [0, 0.05) is 5.02 Å². The molecule has 0 saturated heterocycles. The van der Waals surface area contributed by atoms with E-state index >= 15 is 0 Å². The van der Waals surface area contributed by atoms with Gasteiger partial charge in [0.2, 0.25) is 0 Å². The van der Waals surface area contributed by atoms with Crippen LogP contribution in [0.5, 0.6) is 0 Å². The van der Waals surface area contributed by atoms with Crippen molar-refractivity contribution < 1.29 is 9.50 Å². The predicted molar refractivity (Wildman–Crippen MR) is 76.7 cm³/mol. The normalized spacial score (nSPS) is 20.5. The Labute approximate surface area is 124 Å². The molecule has 0 aromatic heterocycles. The van der Waals surface area contributed by atoms with Crippen molar-refractivity contribution in [1.29, 1.82) is 5.26 Å². The van der Waals surface area contributed by atoms with Crippen molar-refractivity contribution >= 4 is 11.6 Å². The van der Waals surface area contributed by atoms with E-state index in [-0.39, 0.29) is 5.02 Å². The molecule has 1 saturated carbocycles. The van der Waals surface area contributed by atoms with E-state index in [0.29, 0.717) is 18.4 Å². The van der Waals surface area contributed by atoms with Crippen LogP contribution in [0.1, 0.15) is 56.6 Å². The molecule has 4 heteroatoms. The number of aliphatic hydroxyl groups excluding tert-OH is 1. The highest BCUT2D eigenvalue weighted by Crippen LogP contribution is 2.44. The zero-order chi connectivity index (χ0) is 14.6. The molecular formula is C16H19ClFNO. The zero-order valence-corrected chi connectivity index (χ0v) is 12.2. The summed E-state index contributed by atoms with van der Waals surface area (Å²) in [6, 6.07) is 6.33. The molecule has 0 bridgehead atoms. The average Bonchev–Trinajstić information content (AvgIpc) is 2.37. The van der Waals surface area contributed by atoms with Crippen molar-refractivity contribution in [3.8, 4) is 6.07 Å². The molecule has 2 nitrogen and oxygen atoms in total. The molecule has 1 fully saturated rings. The molecule has 1 N–H and O–H groups in total. The Balaban J connectivity index is 2.31. The first-order valence-electron chi connectivity index (χ1n) is 7.13. The molecule has 1 aliphatic rings. The topological polar surface area (TPSA) is 44.0 Å². The van der Waals surface area contributed by atoms with Crippen molar-refractivity contribution in [1.82, 2.24) is 0 Å². The van der Waals surface area contributed by atoms with E-state index in [9.17, 15) is 14.8 Å². The minimum absolute atomic E-state index is 0.248. The van der Waals surface area contributed by atoms with Gasteiger partial charge >= 0.3 is 0 Å². The largest absolute Gasteiger partial charge is 0.387 e. The van der Waals surface area contributed by atoms with Crippen LogP contribution in [-0.4, -0.2) is 5.11 Å². The minimum atomic E-state index is -0.987. The molecule has 1 aromatic carbocycles. The van der Waals surface area contributed by atoms with Crippen LogP contribution in [-0.2, 0) is 0 Å². The van der Waals surface area contributed by atoms with E-state index in [1.54, 1.807) is 6.07 Å². The van der Waals surface area contributed by atoms with Gasteiger partial charge in [0.15, 0.2) is 0 Å². The highest BCUT2D eigenvalue weighted by Gasteiger charge is 2.39. The van der Waals surface area contributed by atoms with Gasteiger partial charge in [0.25, 0.3) is 0 Å². The maximum atomic E-state index is 13.5. The summed E-state index contributed by atoms with van der Waals surface area (Å²) in [5.74, 6) is -0.481. The molecule has 0 radical (unpaired) electrons. The number of hydrogen-bond acceptors (Lipinski definition) is 2. The number of benzene rings is 1. The van der Waals surface area contributed by atoms with E-state index in [0.717, 1.165) is 25.7 Å². The number of hydrogen-bond donors (Lipinski definition) is 1. The molecule has 20 heavy (non-hydrogen) atoms. The molecule has 2 rings (SSSR count). The second-order valence-electron chi connectivity index (χ2n) is 5.64. The number of rotatable bonds is 2. The molecular weight excluding hydrogens is 277 g/mol. The van der Waals surface area contributed by atoms with Gasteiger partial charge < -0.3 is 5.11 Å². The van der Waals surface area contributed by atoms with Gasteiger partial charge in [-0.05, 0) is 36.6 Å². The lowest BCUT2D eigenvalue weighted by atomic mass is 9.71. The molecule has 0 aliphatic heterocycles. The second kappa shape index (κ2) is 6.56. The van der Waals surface area contributed by atoms with Crippen LogP contribution in [0.15, 0.2) is 18.2 Å². The van der Waals surface area contributed by atoms with Crippen molar-refractivity contribution in [2.24, 2.45) is 5.41 Å². The first-order valence-corrected chi connectivity index (χ1v) is 7.50. The Morgan fingerprint density at radius 2 is 1.75 bits per heavy atom. The fraction of sp³-hybridized carbons (Fsp3) is 0.562. The van der Waals surface area contributed by atoms with Crippen LogP contribution in [0.2, 0.25) is 5.02 Å². The number of nitriles is 1. The van der Waals surface area contributed by atoms with Crippen LogP contribution in [0, 0.1) is 22.6 Å². The smallest absolute Gasteiger partial charge is 0.125 e. The predicted octanol–water partition coefficient (Wildman–Crippen LogP) is 4.77. The molecule has 1 unspecified atom stereocenters. The third-order valence-corrected chi connectivity index (χ3v) is 4.41. The highest BCUT2D eigenvalue weighted by atomic mass is 35.5. The van der Waals surface area contributed by atoms with Gasteiger partial charge in [-0.2, -0.15) is 5.26 Å². The Kier molecular flexibility index (Phi) is 5.01. The number of aliphatic hydroxyl groups is 1. The summed E-state index contributed by atoms with van der Waals surface area (Å²) in [6.07, 6.45) is 5.52. The van der Waals surface area contributed by atoms with E-state index in [1.165, 1.54) is 18.6 Å². The van der Waals surface area contributed by atoms with Gasteiger partial charge in [0.1, 0.15) is 5.82 Å². The van der Waals surface area contributed by atoms with E-state index in [1.807, 2.05) is 0 Å². The molecule has 1 atom stereocenters. The third-order valence-electron chi connectivity index (χ3n) is 4.19. The van der Waals surface area contributed by atoms with Gasteiger partial charge in [-0.3, -0.25) is 0 Å².